The molecule has 15 heavy (non-hydrogen) atoms. The topological polar surface area (TPSA) is 64.6 Å². The maximum atomic E-state index is 11.3. The number of hydrogen-bond donors (Lipinski definition) is 1. The van der Waals surface area contributed by atoms with Gasteiger partial charge in [0.25, 0.3) is 0 Å². The third-order valence-corrected chi connectivity index (χ3v) is 2.42. The largest absolute Gasteiger partial charge is 0.469 e. The highest BCUT2D eigenvalue weighted by Gasteiger charge is 2.36. The summed E-state index contributed by atoms with van der Waals surface area (Å²) in [6.07, 6.45) is 1.53. The zero-order chi connectivity index (χ0) is 10.6. The Morgan fingerprint density at radius 2 is 1.80 bits per heavy atom. The molecule has 1 aliphatic heterocycles. The van der Waals surface area contributed by atoms with E-state index in [1.165, 1.54) is 14.2 Å². The summed E-state index contributed by atoms with van der Waals surface area (Å²) in [5.41, 5.74) is 0. The van der Waals surface area contributed by atoms with E-state index in [0.717, 1.165) is 13.0 Å². The van der Waals surface area contributed by atoms with Crippen molar-refractivity contribution in [2.75, 3.05) is 20.8 Å². The van der Waals surface area contributed by atoms with E-state index in [1.54, 1.807) is 0 Å². The molecule has 1 heterocycles. The predicted molar refractivity (Wildman–Crippen MR) is 55.8 cm³/mol. The Bertz CT molecular complexity index is 210. The van der Waals surface area contributed by atoms with Crippen LogP contribution in [0.1, 0.15) is 12.8 Å². The number of rotatable bonds is 2. The fraction of sp³-hybridized carbons (Fsp3) is 0.778. The molecule has 0 radical (unpaired) electrons. The third-order valence-electron chi connectivity index (χ3n) is 2.42. The molecule has 0 amide bonds. The Morgan fingerprint density at radius 3 is 2.33 bits per heavy atom. The molecular weight excluding hydrogens is 222 g/mol. The average molecular weight is 238 g/mol. The molecule has 0 aromatic carbocycles. The molecule has 1 fully saturated rings. The SMILES string of the molecule is COC(=O)[C@H]1CCCN[C@H]1C(=O)OC.Cl. The van der Waals surface area contributed by atoms with Crippen LogP contribution in [-0.2, 0) is 19.1 Å². The van der Waals surface area contributed by atoms with Gasteiger partial charge in [-0.05, 0) is 19.4 Å². The number of carbonyl (C=O) groups excluding carboxylic acids is 2. The van der Waals surface area contributed by atoms with Gasteiger partial charge in [-0.1, -0.05) is 0 Å². The second kappa shape index (κ2) is 6.63. The second-order valence-corrected chi connectivity index (χ2v) is 3.23. The van der Waals surface area contributed by atoms with Gasteiger partial charge >= 0.3 is 11.9 Å². The van der Waals surface area contributed by atoms with Gasteiger partial charge in [0.2, 0.25) is 0 Å². The molecule has 0 aliphatic carbocycles. The van der Waals surface area contributed by atoms with Gasteiger partial charge < -0.3 is 14.8 Å². The fourth-order valence-corrected chi connectivity index (χ4v) is 1.67. The Labute approximate surface area is 94.9 Å². The summed E-state index contributed by atoms with van der Waals surface area (Å²) in [6, 6.07) is -0.554. The first-order valence-corrected chi connectivity index (χ1v) is 4.59. The van der Waals surface area contributed by atoms with Crippen molar-refractivity contribution in [2.24, 2.45) is 5.92 Å². The van der Waals surface area contributed by atoms with E-state index in [2.05, 4.69) is 14.8 Å². The molecule has 0 saturated carbocycles. The summed E-state index contributed by atoms with van der Waals surface area (Å²) in [6.45, 7) is 0.729. The van der Waals surface area contributed by atoms with E-state index >= 15 is 0 Å². The minimum absolute atomic E-state index is 0. The van der Waals surface area contributed by atoms with Gasteiger partial charge in [-0.3, -0.25) is 9.59 Å². The van der Waals surface area contributed by atoms with Crippen molar-refractivity contribution in [1.29, 1.82) is 0 Å². The highest BCUT2D eigenvalue weighted by molar-refractivity contribution is 5.85. The van der Waals surface area contributed by atoms with Crippen LogP contribution in [0.3, 0.4) is 0 Å². The van der Waals surface area contributed by atoms with Crippen LogP contribution in [-0.4, -0.2) is 38.7 Å². The van der Waals surface area contributed by atoms with Gasteiger partial charge in [0.05, 0.1) is 20.1 Å². The summed E-state index contributed by atoms with van der Waals surface area (Å²) < 4.78 is 9.23. The van der Waals surface area contributed by atoms with E-state index in [1.807, 2.05) is 0 Å². The lowest BCUT2D eigenvalue weighted by molar-refractivity contribution is -0.156. The number of halogens is 1. The standard InChI is InChI=1S/C9H15NO4.ClH/c1-13-8(11)6-4-3-5-10-7(6)9(12)14-2;/h6-7,10H,3-5H2,1-2H3;1H/t6-,7+;/m0./s1. The molecule has 5 nitrogen and oxygen atoms in total. The molecule has 0 spiro atoms. The summed E-state index contributed by atoms with van der Waals surface area (Å²) in [5, 5.41) is 2.96. The van der Waals surface area contributed by atoms with Gasteiger partial charge in [-0.25, -0.2) is 0 Å². The van der Waals surface area contributed by atoms with Crippen LogP contribution in [0.4, 0.5) is 0 Å². The number of methoxy groups -OCH3 is 2. The van der Waals surface area contributed by atoms with Crippen LogP contribution in [0, 0.1) is 5.92 Å². The number of carbonyl (C=O) groups is 2. The lowest BCUT2D eigenvalue weighted by Crippen LogP contribution is -2.50. The minimum Gasteiger partial charge on any atom is -0.469 e. The number of esters is 2. The first kappa shape index (κ1) is 14.2. The van der Waals surface area contributed by atoms with Gasteiger partial charge in [0.1, 0.15) is 6.04 Å². The zero-order valence-corrected chi connectivity index (χ0v) is 9.63. The lowest BCUT2D eigenvalue weighted by Gasteiger charge is -2.28. The van der Waals surface area contributed by atoms with E-state index in [-0.39, 0.29) is 18.4 Å². The normalized spacial score (nSPS) is 24.9. The fourth-order valence-electron chi connectivity index (χ4n) is 1.67. The van der Waals surface area contributed by atoms with Crippen molar-refractivity contribution in [3.8, 4) is 0 Å². The van der Waals surface area contributed by atoms with Crippen molar-refractivity contribution in [1.82, 2.24) is 5.32 Å². The van der Waals surface area contributed by atoms with Gasteiger partial charge in [-0.15, -0.1) is 12.4 Å². The van der Waals surface area contributed by atoms with Crippen molar-refractivity contribution in [2.45, 2.75) is 18.9 Å². The van der Waals surface area contributed by atoms with Crippen LogP contribution in [0.25, 0.3) is 0 Å². The Balaban J connectivity index is 0.00000196. The van der Waals surface area contributed by atoms with Gasteiger partial charge in [-0.2, -0.15) is 0 Å². The summed E-state index contributed by atoms with van der Waals surface area (Å²) in [4.78, 5) is 22.6. The van der Waals surface area contributed by atoms with E-state index in [4.69, 9.17) is 0 Å². The van der Waals surface area contributed by atoms with Crippen molar-refractivity contribution in [3.63, 3.8) is 0 Å². The zero-order valence-electron chi connectivity index (χ0n) is 8.82. The molecular formula is C9H16ClNO4. The monoisotopic (exact) mass is 237 g/mol. The molecule has 0 aromatic heterocycles. The highest BCUT2D eigenvalue weighted by atomic mass is 35.5. The third kappa shape index (κ3) is 3.35. The van der Waals surface area contributed by atoms with Crippen LogP contribution < -0.4 is 5.32 Å². The predicted octanol–water partition coefficient (Wildman–Crippen LogP) is 0.122. The first-order chi connectivity index (χ1) is 6.70. The van der Waals surface area contributed by atoms with Crippen molar-refractivity contribution < 1.29 is 19.1 Å². The van der Waals surface area contributed by atoms with E-state index in [9.17, 15) is 9.59 Å². The molecule has 0 unspecified atom stereocenters. The summed E-state index contributed by atoms with van der Waals surface area (Å²) in [7, 11) is 2.64. The molecule has 1 rings (SSSR count). The summed E-state index contributed by atoms with van der Waals surface area (Å²) >= 11 is 0. The Morgan fingerprint density at radius 1 is 1.20 bits per heavy atom. The summed E-state index contributed by atoms with van der Waals surface area (Å²) in [5.74, 6) is -1.17. The molecule has 1 aliphatic rings. The Hall–Kier alpha value is -0.810. The second-order valence-electron chi connectivity index (χ2n) is 3.23. The minimum atomic E-state index is -0.554. The van der Waals surface area contributed by atoms with Crippen LogP contribution in [0.15, 0.2) is 0 Å². The van der Waals surface area contributed by atoms with Gasteiger partial charge in [0, 0.05) is 0 Å². The smallest absolute Gasteiger partial charge is 0.323 e. The number of ether oxygens (including phenoxy) is 2. The maximum absolute atomic E-state index is 11.3. The number of piperidine rings is 1. The van der Waals surface area contributed by atoms with Gasteiger partial charge in [0.15, 0.2) is 0 Å². The van der Waals surface area contributed by atoms with E-state index < -0.39 is 17.9 Å². The van der Waals surface area contributed by atoms with Crippen LogP contribution >= 0.6 is 12.4 Å². The number of hydrogen-bond acceptors (Lipinski definition) is 5. The Kier molecular flexibility index (Phi) is 6.27. The molecule has 6 heteroatoms. The number of nitrogens with one attached hydrogen (secondary N) is 1. The molecule has 2 atom stereocenters. The highest BCUT2D eigenvalue weighted by Crippen LogP contribution is 2.18. The maximum Gasteiger partial charge on any atom is 0.323 e. The molecule has 1 N–H and O–H groups in total. The van der Waals surface area contributed by atoms with Crippen molar-refractivity contribution >= 4 is 24.3 Å². The first-order valence-electron chi connectivity index (χ1n) is 4.59. The lowest BCUT2D eigenvalue weighted by atomic mass is 9.91. The molecule has 88 valence electrons. The van der Waals surface area contributed by atoms with Crippen molar-refractivity contribution in [3.05, 3.63) is 0 Å². The van der Waals surface area contributed by atoms with E-state index in [0.29, 0.717) is 6.42 Å². The average Bonchev–Trinajstić information content (AvgIpc) is 2.27. The molecule has 0 bridgehead atoms. The molecule has 1 saturated heterocycles. The quantitative estimate of drug-likeness (QED) is 0.692. The molecule has 0 aromatic rings. The van der Waals surface area contributed by atoms with Crippen LogP contribution in [0.2, 0.25) is 0 Å². The van der Waals surface area contributed by atoms with Crippen LogP contribution in [0.5, 0.6) is 0 Å².